The van der Waals surface area contributed by atoms with Crippen LogP contribution in [0.4, 0.5) is 0 Å². The average molecular weight is 524 g/mol. The van der Waals surface area contributed by atoms with E-state index in [9.17, 15) is 36.6 Å². The highest BCUT2D eigenvalue weighted by Crippen LogP contribution is 2.37. The van der Waals surface area contributed by atoms with Crippen LogP contribution in [0.25, 0.3) is 5.70 Å². The van der Waals surface area contributed by atoms with E-state index in [4.69, 9.17) is 0 Å². The van der Waals surface area contributed by atoms with Gasteiger partial charge in [-0.2, -0.15) is 0 Å². The molecule has 2 aromatic carbocycles. The van der Waals surface area contributed by atoms with Gasteiger partial charge >= 0.3 is 0 Å². The highest BCUT2D eigenvalue weighted by Gasteiger charge is 2.39. The lowest BCUT2D eigenvalue weighted by atomic mass is 10.1. The highest BCUT2D eigenvalue weighted by atomic mass is 32.2. The number of aromatic nitrogens is 1. The van der Waals surface area contributed by atoms with Crippen LogP contribution in [0.1, 0.15) is 27.1 Å². The molecule has 0 bridgehead atoms. The molecule has 0 radical (unpaired) electrons. The van der Waals surface area contributed by atoms with Gasteiger partial charge in [0, 0.05) is 35.4 Å². The van der Waals surface area contributed by atoms with Crippen LogP contribution in [0.5, 0.6) is 11.8 Å². The summed E-state index contributed by atoms with van der Waals surface area (Å²) in [6.07, 6.45) is 3.02. The minimum Gasteiger partial charge on any atom is -0.494 e. The second kappa shape index (κ2) is 8.18. The summed E-state index contributed by atoms with van der Waals surface area (Å²) < 4.78 is 52.5. The Balaban J connectivity index is 1.61. The Morgan fingerprint density at radius 2 is 1.19 bits per heavy atom. The number of ketones is 2. The van der Waals surface area contributed by atoms with E-state index in [-0.39, 0.29) is 33.0 Å². The number of hydrogen-bond donors (Lipinski definition) is 2. The number of carbonyl (C=O) groups is 2. The van der Waals surface area contributed by atoms with Gasteiger partial charge in [0.2, 0.25) is 31.2 Å². The van der Waals surface area contributed by atoms with Gasteiger partial charge in [0.15, 0.2) is 11.8 Å². The maximum Gasteiger partial charge on any atom is 0.211 e. The Morgan fingerprint density at radius 1 is 0.722 bits per heavy atom. The molecule has 3 aromatic rings. The Kier molecular flexibility index (Phi) is 5.34. The second-order valence-corrected chi connectivity index (χ2v) is 11.8. The van der Waals surface area contributed by atoms with E-state index in [0.717, 1.165) is 16.7 Å². The number of carbonyl (C=O) groups excluding carboxylic acids is 2. The molecule has 11 heteroatoms. The molecule has 182 valence electrons. The first kappa shape index (κ1) is 23.5. The number of fused-ring (bicyclic) bond motifs is 2. The number of allylic oxidation sites excluding steroid dienone is 6. The minimum absolute atomic E-state index is 0.00733. The Morgan fingerprint density at radius 3 is 1.72 bits per heavy atom. The van der Waals surface area contributed by atoms with Crippen molar-refractivity contribution in [1.82, 2.24) is 4.57 Å². The number of aromatic hydroxyl groups is 2. The Bertz CT molecular complexity index is 1770. The van der Waals surface area contributed by atoms with Gasteiger partial charge in [-0.05, 0) is 36.4 Å². The number of hydrogen-bond acceptors (Lipinski definition) is 8. The van der Waals surface area contributed by atoms with E-state index in [1.165, 1.54) is 60.7 Å². The van der Waals surface area contributed by atoms with Gasteiger partial charge in [0.05, 0.1) is 9.79 Å². The molecule has 0 amide bonds. The van der Waals surface area contributed by atoms with Gasteiger partial charge < -0.3 is 10.2 Å². The van der Waals surface area contributed by atoms with Crippen molar-refractivity contribution in [3.63, 3.8) is 0 Å². The van der Waals surface area contributed by atoms with E-state index >= 15 is 0 Å². The summed E-state index contributed by atoms with van der Waals surface area (Å²) in [5.41, 5.74) is 0.0595. The zero-order valence-electron chi connectivity index (χ0n) is 18.3. The van der Waals surface area contributed by atoms with Crippen molar-refractivity contribution in [2.75, 3.05) is 0 Å². The van der Waals surface area contributed by atoms with Gasteiger partial charge in [0.25, 0.3) is 0 Å². The van der Waals surface area contributed by atoms with Gasteiger partial charge in [-0.25, -0.2) is 16.8 Å². The van der Waals surface area contributed by atoms with Crippen LogP contribution < -0.4 is 0 Å². The fraction of sp³-hybridized carbons (Fsp3) is 0.0400. The summed E-state index contributed by atoms with van der Waals surface area (Å²) in [4.78, 5) is 24.3. The van der Waals surface area contributed by atoms with Crippen molar-refractivity contribution >= 4 is 36.9 Å². The van der Waals surface area contributed by atoms with Crippen LogP contribution >= 0.6 is 0 Å². The van der Waals surface area contributed by atoms with Crippen molar-refractivity contribution in [2.45, 2.75) is 16.2 Å². The molecular weight excluding hydrogens is 506 g/mol. The van der Waals surface area contributed by atoms with Crippen molar-refractivity contribution in [3.05, 3.63) is 99.8 Å². The molecule has 0 saturated heterocycles. The van der Waals surface area contributed by atoms with E-state index in [1.54, 1.807) is 6.07 Å². The smallest absolute Gasteiger partial charge is 0.211 e. The summed E-state index contributed by atoms with van der Waals surface area (Å²) >= 11 is 0. The number of sulfone groups is 2. The minimum atomic E-state index is -4.11. The molecule has 9 nitrogen and oxygen atoms in total. The first-order valence-corrected chi connectivity index (χ1v) is 13.5. The molecule has 0 atom stereocenters. The fourth-order valence-corrected chi connectivity index (χ4v) is 7.35. The van der Waals surface area contributed by atoms with Crippen molar-refractivity contribution in [2.24, 2.45) is 0 Å². The monoisotopic (exact) mass is 523 g/mol. The predicted molar refractivity (Wildman–Crippen MR) is 129 cm³/mol. The van der Waals surface area contributed by atoms with Gasteiger partial charge in [-0.1, -0.05) is 30.3 Å². The van der Waals surface area contributed by atoms with Crippen LogP contribution in [-0.4, -0.2) is 43.2 Å². The molecule has 2 N–H and O–H groups in total. The zero-order valence-corrected chi connectivity index (χ0v) is 20.0. The van der Waals surface area contributed by atoms with Gasteiger partial charge in [-0.3, -0.25) is 14.2 Å². The highest BCUT2D eigenvalue weighted by molar-refractivity contribution is 7.97. The fourth-order valence-electron chi connectivity index (χ4n) is 4.20. The molecule has 0 aliphatic carbocycles. The van der Waals surface area contributed by atoms with Crippen LogP contribution in [0.15, 0.2) is 98.5 Å². The summed E-state index contributed by atoms with van der Waals surface area (Å²) in [6.45, 7) is 0. The lowest BCUT2D eigenvalue weighted by molar-refractivity contribution is 0.103. The number of Topliss-reactive ketones (excluding diaryl/α,β-unsaturated/α-hetero) is 2. The van der Waals surface area contributed by atoms with E-state index in [1.807, 2.05) is 0 Å². The van der Waals surface area contributed by atoms with Crippen LogP contribution in [0, 0.1) is 0 Å². The Hall–Kier alpha value is -4.22. The maximum absolute atomic E-state index is 12.9. The lowest BCUT2D eigenvalue weighted by Gasteiger charge is -2.10. The van der Waals surface area contributed by atoms with Crippen LogP contribution in [0.3, 0.4) is 0 Å². The van der Waals surface area contributed by atoms with Crippen LogP contribution in [0.2, 0.25) is 0 Å². The normalized spacial score (nSPS) is 20.2. The standard InChI is InChI=1S/C25H17NO8S2/c27-22-13-14-23(28)26(22)15(9-11-20-24(29)16-5-1-3-7-18(16)35(20,31)32)10-12-21-25(30)17-6-2-4-8-19(17)36(21,33)34/h1-9,11-14,27-28H,10H2. The predicted octanol–water partition coefficient (Wildman–Crippen LogP) is 3.24. The van der Waals surface area contributed by atoms with E-state index in [0.29, 0.717) is 0 Å². The summed E-state index contributed by atoms with van der Waals surface area (Å²) in [7, 11) is -8.20. The summed E-state index contributed by atoms with van der Waals surface area (Å²) in [6, 6.07) is 13.8. The maximum atomic E-state index is 12.9. The van der Waals surface area contributed by atoms with Crippen molar-refractivity contribution in [1.29, 1.82) is 0 Å². The summed E-state index contributed by atoms with van der Waals surface area (Å²) in [5.74, 6) is -2.27. The molecule has 1 aromatic heterocycles. The third-order valence-corrected chi connectivity index (χ3v) is 9.62. The average Bonchev–Trinajstić information content (AvgIpc) is 3.36. The zero-order chi connectivity index (χ0) is 25.8. The topological polar surface area (TPSA) is 148 Å². The van der Waals surface area contributed by atoms with Crippen LogP contribution in [-0.2, 0) is 19.7 Å². The quantitative estimate of drug-likeness (QED) is 0.495. The van der Waals surface area contributed by atoms with E-state index in [2.05, 4.69) is 0 Å². The first-order valence-electron chi connectivity index (χ1n) is 10.5. The van der Waals surface area contributed by atoms with Crippen molar-refractivity contribution < 1.29 is 36.6 Å². The third-order valence-electron chi connectivity index (χ3n) is 5.92. The molecule has 0 unspecified atom stereocenters. The second-order valence-electron chi connectivity index (χ2n) is 8.00. The number of nitrogens with zero attached hydrogens (tertiary/aromatic N) is 1. The molecule has 2 aliphatic rings. The van der Waals surface area contributed by atoms with E-state index < -0.39 is 52.8 Å². The molecule has 3 heterocycles. The van der Waals surface area contributed by atoms with Gasteiger partial charge in [-0.15, -0.1) is 0 Å². The molecule has 2 aliphatic heterocycles. The van der Waals surface area contributed by atoms with Crippen molar-refractivity contribution in [3.8, 4) is 11.8 Å². The Labute approximate surface area is 205 Å². The molecule has 36 heavy (non-hydrogen) atoms. The largest absolute Gasteiger partial charge is 0.494 e. The third kappa shape index (κ3) is 3.43. The molecular formula is C25H17NO8S2. The summed E-state index contributed by atoms with van der Waals surface area (Å²) in [5, 5.41) is 20.5. The number of benzene rings is 2. The molecule has 0 fully saturated rings. The molecule has 0 spiro atoms. The first-order chi connectivity index (χ1) is 17.0. The molecule has 5 rings (SSSR count). The SMILES string of the molecule is O=C1C(=CC=C(CC=C2C(=O)c3ccccc3S2(=O)=O)n2c(O)ccc2O)S(=O)(=O)c2ccccc21. The number of rotatable bonds is 4. The molecule has 0 saturated carbocycles. The lowest BCUT2D eigenvalue weighted by Crippen LogP contribution is -2.04. The van der Waals surface area contributed by atoms with Gasteiger partial charge in [0.1, 0.15) is 9.81 Å².